The molecule has 14 heteroatoms. The van der Waals surface area contributed by atoms with Gasteiger partial charge in [-0.05, 0) is 68.4 Å². The number of imide groups is 1. The number of anilines is 1. The molecule has 0 bridgehead atoms. The highest BCUT2D eigenvalue weighted by Crippen LogP contribution is 2.38. The van der Waals surface area contributed by atoms with Gasteiger partial charge < -0.3 is 23.8 Å². The molecule has 3 aromatic rings. The minimum absolute atomic E-state index is 0.0229. The molecule has 6 rings (SSSR count). The van der Waals surface area contributed by atoms with E-state index in [9.17, 15) is 22.8 Å². The smallest absolute Gasteiger partial charge is 0.425 e. The third-order valence-corrected chi connectivity index (χ3v) is 8.16. The van der Waals surface area contributed by atoms with E-state index >= 15 is 0 Å². The average Bonchev–Trinajstić information content (AvgIpc) is 3.61. The number of alkyl halides is 3. The monoisotopic (exact) mass is 648 g/mol. The quantitative estimate of drug-likeness (QED) is 0.191. The predicted molar refractivity (Wildman–Crippen MR) is 157 cm³/mol. The van der Waals surface area contributed by atoms with E-state index in [0.29, 0.717) is 37.6 Å². The topological polar surface area (TPSA) is 95.4 Å². The van der Waals surface area contributed by atoms with Crippen LogP contribution in [-0.4, -0.2) is 71.3 Å². The second-order valence-electron chi connectivity index (χ2n) is 11.1. The molecule has 4 heterocycles. The molecule has 10 nitrogen and oxygen atoms in total. The first-order valence-electron chi connectivity index (χ1n) is 14.9. The molecule has 2 amide bonds. The fraction of sp³-hybridized carbons (Fsp3) is 0.452. The molecule has 2 saturated heterocycles. The van der Waals surface area contributed by atoms with Crippen molar-refractivity contribution in [1.29, 1.82) is 0 Å². The lowest BCUT2D eigenvalue weighted by atomic mass is 10.2. The number of aromatic nitrogens is 2. The summed E-state index contributed by atoms with van der Waals surface area (Å²) < 4.78 is 61.8. The third-order valence-electron chi connectivity index (χ3n) is 7.91. The number of halogens is 4. The lowest BCUT2D eigenvalue weighted by Gasteiger charge is -2.26. The summed E-state index contributed by atoms with van der Waals surface area (Å²) in [5.41, 5.74) is 0.907. The molecule has 1 aromatic heterocycles. The van der Waals surface area contributed by atoms with E-state index < -0.39 is 24.1 Å². The lowest BCUT2D eigenvalue weighted by molar-refractivity contribution is -0.274. The van der Waals surface area contributed by atoms with Gasteiger partial charge in [-0.3, -0.25) is 19.1 Å². The van der Waals surface area contributed by atoms with Crippen molar-refractivity contribution in [3.63, 3.8) is 0 Å². The van der Waals surface area contributed by atoms with Crippen LogP contribution >= 0.6 is 11.6 Å². The van der Waals surface area contributed by atoms with Gasteiger partial charge in [0.1, 0.15) is 17.5 Å². The minimum atomic E-state index is -4.88. The number of fused-ring (bicyclic) bond motifs is 3. The molecular formula is C31H32ClF3N4O6. The van der Waals surface area contributed by atoms with Crippen molar-refractivity contribution in [2.24, 2.45) is 0 Å². The second-order valence-corrected chi connectivity index (χ2v) is 11.5. The van der Waals surface area contributed by atoms with Crippen LogP contribution in [0.4, 0.5) is 19.0 Å². The van der Waals surface area contributed by atoms with Crippen LogP contribution in [-0.2, 0) is 20.8 Å². The summed E-state index contributed by atoms with van der Waals surface area (Å²) in [6, 6.07) is 11.4. The van der Waals surface area contributed by atoms with Crippen molar-refractivity contribution in [2.75, 3.05) is 31.2 Å². The molecule has 0 N–H and O–H groups in total. The number of ether oxygens (including phenoxy) is 4. The molecular weight excluding hydrogens is 617 g/mol. The van der Waals surface area contributed by atoms with Crippen molar-refractivity contribution in [3.05, 3.63) is 64.8 Å². The lowest BCUT2D eigenvalue weighted by Crippen LogP contribution is -2.46. The van der Waals surface area contributed by atoms with Gasteiger partial charge in [0.15, 0.2) is 17.8 Å². The minimum Gasteiger partial charge on any atom is -0.425 e. The van der Waals surface area contributed by atoms with Crippen molar-refractivity contribution in [3.8, 4) is 17.5 Å². The number of carbonyl (C=O) groups excluding carboxylic acids is 2. The van der Waals surface area contributed by atoms with Crippen LogP contribution in [0.15, 0.2) is 48.5 Å². The number of carbonyl (C=O) groups is 2. The SMILES string of the molecule is O=C1c2c(nc(Oc3cccc(OC(F)(F)F)c3)n2Cc2ccc(Cl)cc2)N2CCCC2C(=O)N1CCCOC1CCCCO1. The van der Waals surface area contributed by atoms with Gasteiger partial charge in [0.25, 0.3) is 11.8 Å². The highest BCUT2D eigenvalue weighted by atomic mass is 35.5. The largest absolute Gasteiger partial charge is 0.573 e. The number of nitrogens with zero attached hydrogens (tertiary/aromatic N) is 4. The fourth-order valence-electron chi connectivity index (χ4n) is 5.85. The van der Waals surface area contributed by atoms with Crippen LogP contribution in [0.1, 0.15) is 54.6 Å². The Labute approximate surface area is 262 Å². The number of hydrogen-bond donors (Lipinski definition) is 0. The highest BCUT2D eigenvalue weighted by Gasteiger charge is 2.45. The van der Waals surface area contributed by atoms with Crippen LogP contribution < -0.4 is 14.4 Å². The zero-order valence-corrected chi connectivity index (χ0v) is 25.1. The molecule has 3 aliphatic rings. The Morgan fingerprint density at radius 2 is 1.82 bits per heavy atom. The summed E-state index contributed by atoms with van der Waals surface area (Å²) in [5, 5.41) is 0.523. The Bertz CT molecular complexity index is 1530. The molecule has 240 valence electrons. The molecule has 2 fully saturated rings. The molecule has 0 aliphatic carbocycles. The molecule has 3 aliphatic heterocycles. The van der Waals surface area contributed by atoms with Gasteiger partial charge >= 0.3 is 12.4 Å². The maximum atomic E-state index is 14.2. The van der Waals surface area contributed by atoms with Crippen LogP contribution in [0, 0.1) is 0 Å². The number of hydrogen-bond acceptors (Lipinski definition) is 8. The molecule has 2 atom stereocenters. The molecule has 2 unspecified atom stereocenters. The zero-order chi connectivity index (χ0) is 31.6. The molecule has 45 heavy (non-hydrogen) atoms. The average molecular weight is 649 g/mol. The summed E-state index contributed by atoms with van der Waals surface area (Å²) in [5.74, 6) is -0.997. The molecule has 0 radical (unpaired) electrons. The normalized spacial score (nSPS) is 20.2. The van der Waals surface area contributed by atoms with Gasteiger partial charge in [0, 0.05) is 30.8 Å². The van der Waals surface area contributed by atoms with Crippen LogP contribution in [0.5, 0.6) is 17.5 Å². The number of benzene rings is 2. The highest BCUT2D eigenvalue weighted by molar-refractivity contribution is 6.30. The van der Waals surface area contributed by atoms with Crippen LogP contribution in [0.3, 0.4) is 0 Å². The molecule has 0 spiro atoms. The summed E-state index contributed by atoms with van der Waals surface area (Å²) in [7, 11) is 0. The van der Waals surface area contributed by atoms with Gasteiger partial charge in [-0.15, -0.1) is 13.2 Å². The maximum Gasteiger partial charge on any atom is 0.573 e. The molecule has 0 saturated carbocycles. The van der Waals surface area contributed by atoms with Crippen LogP contribution in [0.25, 0.3) is 0 Å². The van der Waals surface area contributed by atoms with Gasteiger partial charge in [-0.1, -0.05) is 29.8 Å². The van der Waals surface area contributed by atoms with Gasteiger partial charge in [-0.25, -0.2) is 0 Å². The van der Waals surface area contributed by atoms with E-state index in [1.165, 1.54) is 17.0 Å². The van der Waals surface area contributed by atoms with Crippen molar-refractivity contribution in [2.45, 2.75) is 63.8 Å². The Kier molecular flexibility index (Phi) is 9.20. The predicted octanol–water partition coefficient (Wildman–Crippen LogP) is 6.16. The van der Waals surface area contributed by atoms with Crippen molar-refractivity contribution in [1.82, 2.24) is 14.5 Å². The van der Waals surface area contributed by atoms with E-state index in [4.69, 9.17) is 25.8 Å². The summed E-state index contributed by atoms with van der Waals surface area (Å²) >= 11 is 6.10. The van der Waals surface area contributed by atoms with Crippen molar-refractivity contribution < 1.29 is 41.7 Å². The number of rotatable bonds is 10. The third kappa shape index (κ3) is 7.21. The Hall–Kier alpha value is -3.81. The summed E-state index contributed by atoms with van der Waals surface area (Å²) in [4.78, 5) is 35.7. The van der Waals surface area contributed by atoms with Crippen LogP contribution in [0.2, 0.25) is 5.02 Å². The standard InChI is InChI=1S/C31H32ClF3N4O6/c32-21-12-10-20(11-13-21)19-39-26-27(36-30(39)44-22-6-3-7-23(18-22)45-31(33,34)35)37-14-4-8-24(37)28(40)38(29(26)41)15-5-17-43-25-9-1-2-16-42-25/h3,6-7,10-13,18,24-25H,1-2,4-5,8-9,14-17,19H2. The van der Waals surface area contributed by atoms with E-state index in [2.05, 4.69) is 9.72 Å². The Morgan fingerprint density at radius 1 is 1.02 bits per heavy atom. The first-order chi connectivity index (χ1) is 21.7. The summed E-state index contributed by atoms with van der Waals surface area (Å²) in [6.07, 6.45) is -0.658. The van der Waals surface area contributed by atoms with Gasteiger partial charge in [0.05, 0.1) is 13.2 Å². The van der Waals surface area contributed by atoms with E-state index in [0.717, 1.165) is 43.4 Å². The molecule has 2 aromatic carbocycles. The summed E-state index contributed by atoms with van der Waals surface area (Å²) in [6.45, 7) is 1.71. The van der Waals surface area contributed by atoms with E-state index in [-0.39, 0.29) is 48.6 Å². The second kappa shape index (κ2) is 13.3. The Balaban J connectivity index is 1.33. The van der Waals surface area contributed by atoms with E-state index in [1.807, 2.05) is 4.90 Å². The van der Waals surface area contributed by atoms with Crippen molar-refractivity contribution >= 4 is 29.2 Å². The van der Waals surface area contributed by atoms with Gasteiger partial charge in [-0.2, -0.15) is 4.98 Å². The first kappa shape index (κ1) is 31.2. The van der Waals surface area contributed by atoms with E-state index in [1.54, 1.807) is 28.8 Å². The zero-order valence-electron chi connectivity index (χ0n) is 24.3. The number of amides is 2. The first-order valence-corrected chi connectivity index (χ1v) is 15.3. The van der Waals surface area contributed by atoms with Gasteiger partial charge in [0.2, 0.25) is 0 Å². The maximum absolute atomic E-state index is 14.2. The Morgan fingerprint density at radius 3 is 2.58 bits per heavy atom. The fourth-order valence-corrected chi connectivity index (χ4v) is 5.97. The number of imidazole rings is 1.